The maximum Gasteiger partial charge on any atom is 0.123 e. The highest BCUT2D eigenvalue weighted by Crippen LogP contribution is 2.23. The fraction of sp³-hybridized carbons (Fsp3) is 0.647. The van der Waals surface area contributed by atoms with Gasteiger partial charge in [0.1, 0.15) is 5.82 Å². The Morgan fingerprint density at radius 3 is 2.35 bits per heavy atom. The molecule has 3 atom stereocenters. The van der Waals surface area contributed by atoms with Gasteiger partial charge in [0.15, 0.2) is 0 Å². The highest BCUT2D eigenvalue weighted by Gasteiger charge is 2.18. The molecular formula is C17H28FNO. The van der Waals surface area contributed by atoms with Gasteiger partial charge in [-0.25, -0.2) is 4.39 Å². The molecule has 1 rings (SSSR count). The fourth-order valence-electron chi connectivity index (χ4n) is 2.34. The van der Waals surface area contributed by atoms with Gasteiger partial charge >= 0.3 is 0 Å². The van der Waals surface area contributed by atoms with Crippen molar-refractivity contribution in [1.82, 2.24) is 0 Å². The molecule has 0 fully saturated rings. The molecule has 0 aliphatic heterocycles. The van der Waals surface area contributed by atoms with Crippen LogP contribution in [0.15, 0.2) is 24.3 Å². The van der Waals surface area contributed by atoms with E-state index in [0.717, 1.165) is 18.6 Å². The van der Waals surface area contributed by atoms with Gasteiger partial charge in [0.2, 0.25) is 0 Å². The molecule has 0 heterocycles. The van der Waals surface area contributed by atoms with Crippen LogP contribution in [0.4, 0.5) is 4.39 Å². The van der Waals surface area contributed by atoms with Gasteiger partial charge in [0.25, 0.3) is 0 Å². The summed E-state index contributed by atoms with van der Waals surface area (Å²) in [6.07, 6.45) is 4.61. The Morgan fingerprint density at radius 1 is 1.20 bits per heavy atom. The Morgan fingerprint density at radius 2 is 1.85 bits per heavy atom. The van der Waals surface area contributed by atoms with Crippen LogP contribution in [0.25, 0.3) is 0 Å². The first-order valence-electron chi connectivity index (χ1n) is 7.71. The molecule has 1 aromatic carbocycles. The van der Waals surface area contributed by atoms with E-state index in [-0.39, 0.29) is 18.0 Å². The average Bonchev–Trinajstić information content (AvgIpc) is 2.44. The third-order valence-electron chi connectivity index (χ3n) is 3.73. The SMILES string of the molecule is CCCCC(CC)COC(c1ccc(F)cc1)C(C)N. The van der Waals surface area contributed by atoms with E-state index in [1.165, 1.54) is 31.4 Å². The number of rotatable bonds is 9. The second kappa shape index (κ2) is 9.09. The summed E-state index contributed by atoms with van der Waals surface area (Å²) < 4.78 is 19.0. The Hall–Kier alpha value is -0.930. The molecule has 0 aliphatic rings. The smallest absolute Gasteiger partial charge is 0.123 e. The summed E-state index contributed by atoms with van der Waals surface area (Å²) in [5.74, 6) is 0.350. The summed E-state index contributed by atoms with van der Waals surface area (Å²) in [4.78, 5) is 0. The first-order valence-corrected chi connectivity index (χ1v) is 7.71. The van der Waals surface area contributed by atoms with Gasteiger partial charge in [-0.15, -0.1) is 0 Å². The third-order valence-corrected chi connectivity index (χ3v) is 3.73. The molecule has 0 radical (unpaired) electrons. The summed E-state index contributed by atoms with van der Waals surface area (Å²) in [7, 11) is 0. The molecule has 20 heavy (non-hydrogen) atoms. The molecule has 0 saturated heterocycles. The zero-order valence-corrected chi connectivity index (χ0v) is 12.9. The second-order valence-corrected chi connectivity index (χ2v) is 5.58. The lowest BCUT2D eigenvalue weighted by Gasteiger charge is -2.25. The van der Waals surface area contributed by atoms with Crippen molar-refractivity contribution in [2.24, 2.45) is 11.7 Å². The van der Waals surface area contributed by atoms with Gasteiger partial charge in [-0.1, -0.05) is 45.2 Å². The van der Waals surface area contributed by atoms with E-state index in [4.69, 9.17) is 10.5 Å². The number of halogens is 1. The minimum atomic E-state index is -0.230. The largest absolute Gasteiger partial charge is 0.372 e. The van der Waals surface area contributed by atoms with Crippen LogP contribution in [-0.2, 0) is 4.74 Å². The van der Waals surface area contributed by atoms with E-state index in [9.17, 15) is 4.39 Å². The van der Waals surface area contributed by atoms with Gasteiger partial charge in [0, 0.05) is 6.04 Å². The normalized spacial score (nSPS) is 15.8. The first-order chi connectivity index (χ1) is 9.58. The Labute approximate surface area is 122 Å². The zero-order chi connectivity index (χ0) is 15.0. The molecule has 114 valence electrons. The number of hydrogen-bond donors (Lipinski definition) is 1. The van der Waals surface area contributed by atoms with Crippen LogP contribution in [0.3, 0.4) is 0 Å². The summed E-state index contributed by atoms with van der Waals surface area (Å²) in [5.41, 5.74) is 6.97. The van der Waals surface area contributed by atoms with Crippen molar-refractivity contribution >= 4 is 0 Å². The monoisotopic (exact) mass is 281 g/mol. The zero-order valence-electron chi connectivity index (χ0n) is 12.9. The van der Waals surface area contributed by atoms with E-state index in [1.807, 2.05) is 6.92 Å². The van der Waals surface area contributed by atoms with Crippen LogP contribution in [0.2, 0.25) is 0 Å². The van der Waals surface area contributed by atoms with Gasteiger partial charge in [-0.3, -0.25) is 0 Å². The third kappa shape index (κ3) is 5.59. The van der Waals surface area contributed by atoms with Gasteiger partial charge in [0.05, 0.1) is 12.7 Å². The van der Waals surface area contributed by atoms with E-state index < -0.39 is 0 Å². The van der Waals surface area contributed by atoms with Gasteiger partial charge in [-0.2, -0.15) is 0 Å². The molecule has 2 N–H and O–H groups in total. The number of hydrogen-bond acceptors (Lipinski definition) is 2. The van der Waals surface area contributed by atoms with Crippen LogP contribution in [-0.4, -0.2) is 12.6 Å². The molecule has 3 heteroatoms. The van der Waals surface area contributed by atoms with Crippen molar-refractivity contribution in [2.45, 2.75) is 58.6 Å². The van der Waals surface area contributed by atoms with Crippen LogP contribution in [0.1, 0.15) is 58.1 Å². The highest BCUT2D eigenvalue weighted by molar-refractivity contribution is 5.19. The predicted molar refractivity (Wildman–Crippen MR) is 82.0 cm³/mol. The molecule has 2 nitrogen and oxygen atoms in total. The first kappa shape index (κ1) is 17.1. The highest BCUT2D eigenvalue weighted by atomic mass is 19.1. The van der Waals surface area contributed by atoms with Crippen LogP contribution >= 0.6 is 0 Å². The molecule has 3 unspecified atom stereocenters. The molecule has 0 aromatic heterocycles. The van der Waals surface area contributed by atoms with E-state index >= 15 is 0 Å². The molecule has 0 aliphatic carbocycles. The van der Waals surface area contributed by atoms with E-state index in [2.05, 4.69) is 13.8 Å². The summed E-state index contributed by atoms with van der Waals surface area (Å²) in [5, 5.41) is 0. The molecule has 0 bridgehead atoms. The van der Waals surface area contributed by atoms with E-state index in [0.29, 0.717) is 5.92 Å². The maximum atomic E-state index is 13.0. The summed E-state index contributed by atoms with van der Waals surface area (Å²) in [6.45, 7) is 7.06. The van der Waals surface area contributed by atoms with Crippen molar-refractivity contribution in [2.75, 3.05) is 6.61 Å². The quantitative estimate of drug-likeness (QED) is 0.726. The minimum Gasteiger partial charge on any atom is -0.372 e. The van der Waals surface area contributed by atoms with Crippen LogP contribution in [0, 0.1) is 11.7 Å². The summed E-state index contributed by atoms with van der Waals surface area (Å²) >= 11 is 0. The molecule has 0 amide bonds. The Bertz CT molecular complexity index is 364. The lowest BCUT2D eigenvalue weighted by atomic mass is 9.99. The fourth-order valence-corrected chi connectivity index (χ4v) is 2.34. The number of ether oxygens (including phenoxy) is 1. The molecular weight excluding hydrogens is 253 g/mol. The molecule has 0 spiro atoms. The van der Waals surface area contributed by atoms with E-state index in [1.54, 1.807) is 12.1 Å². The molecule has 0 saturated carbocycles. The average molecular weight is 281 g/mol. The Balaban J connectivity index is 2.61. The molecule has 1 aromatic rings. The number of benzene rings is 1. The minimum absolute atomic E-state index is 0.107. The Kier molecular flexibility index (Phi) is 7.78. The van der Waals surface area contributed by atoms with Crippen molar-refractivity contribution in [3.05, 3.63) is 35.6 Å². The number of nitrogens with two attached hydrogens (primary N) is 1. The summed E-state index contributed by atoms with van der Waals surface area (Å²) in [6, 6.07) is 6.33. The van der Waals surface area contributed by atoms with Crippen LogP contribution < -0.4 is 5.73 Å². The standard InChI is InChI=1S/C17H28FNO/c1-4-6-7-14(5-2)12-20-17(13(3)19)15-8-10-16(18)11-9-15/h8-11,13-14,17H,4-7,12,19H2,1-3H3. The number of unbranched alkanes of at least 4 members (excludes halogenated alkanes) is 1. The lowest BCUT2D eigenvalue weighted by Crippen LogP contribution is -2.28. The van der Waals surface area contributed by atoms with Gasteiger partial charge < -0.3 is 10.5 Å². The van der Waals surface area contributed by atoms with Crippen molar-refractivity contribution in [3.63, 3.8) is 0 Å². The van der Waals surface area contributed by atoms with Crippen molar-refractivity contribution in [3.8, 4) is 0 Å². The predicted octanol–water partition coefficient (Wildman–Crippen LogP) is 4.45. The maximum absolute atomic E-state index is 13.0. The van der Waals surface area contributed by atoms with Crippen molar-refractivity contribution < 1.29 is 9.13 Å². The topological polar surface area (TPSA) is 35.2 Å². The lowest BCUT2D eigenvalue weighted by molar-refractivity contribution is 0.0127. The van der Waals surface area contributed by atoms with Gasteiger partial charge in [-0.05, 0) is 37.0 Å². The second-order valence-electron chi connectivity index (χ2n) is 5.58. The van der Waals surface area contributed by atoms with Crippen molar-refractivity contribution in [1.29, 1.82) is 0 Å². The van der Waals surface area contributed by atoms with Crippen LogP contribution in [0.5, 0.6) is 0 Å².